The summed E-state index contributed by atoms with van der Waals surface area (Å²) in [7, 11) is 1.80. The van der Waals surface area contributed by atoms with Gasteiger partial charge in [0.1, 0.15) is 18.2 Å². The Morgan fingerprint density at radius 3 is 1.47 bits per heavy atom. The van der Waals surface area contributed by atoms with E-state index in [1.54, 1.807) is 36.5 Å². The first-order chi connectivity index (χ1) is 25.9. The lowest BCUT2D eigenvalue weighted by Crippen LogP contribution is -2.11. The summed E-state index contributed by atoms with van der Waals surface area (Å²) in [5, 5.41) is 11.3. The Labute approximate surface area is 329 Å². The molecule has 0 aliphatic carbocycles. The van der Waals surface area contributed by atoms with Gasteiger partial charge in [0.2, 0.25) is 0 Å². The van der Waals surface area contributed by atoms with E-state index in [2.05, 4.69) is 145 Å². The first-order valence-electron chi connectivity index (χ1n) is 18.5. The molecule has 290 valence electrons. The minimum absolute atomic E-state index is 0.115. The molecule has 0 saturated carbocycles. The van der Waals surface area contributed by atoms with Crippen molar-refractivity contribution in [1.29, 1.82) is 0 Å². The molecule has 0 bridgehead atoms. The molecule has 0 saturated heterocycles. The Morgan fingerprint density at radius 2 is 1.13 bits per heavy atom. The van der Waals surface area contributed by atoms with Crippen LogP contribution in [-0.2, 0) is 17.9 Å². The fraction of sp³-hybridized carbons (Fsp3) is 0.409. The van der Waals surface area contributed by atoms with Crippen LogP contribution in [0.25, 0.3) is 16.4 Å². The zero-order valence-electron chi connectivity index (χ0n) is 35.0. The molecule has 0 unspecified atom stereocenters. The van der Waals surface area contributed by atoms with Gasteiger partial charge in [-0.2, -0.15) is 0 Å². The van der Waals surface area contributed by atoms with Crippen LogP contribution >= 0.6 is 0 Å². The van der Waals surface area contributed by atoms with Crippen LogP contribution in [0.2, 0.25) is 0 Å². The van der Waals surface area contributed by atoms with E-state index >= 15 is 0 Å². The van der Waals surface area contributed by atoms with Crippen molar-refractivity contribution in [3.8, 4) is 11.5 Å². The number of rotatable bonds is 4. The molecule has 0 amide bonds. The van der Waals surface area contributed by atoms with Gasteiger partial charge in [0.25, 0.3) is 5.82 Å². The molecule has 0 radical (unpaired) electrons. The molecule has 6 rings (SSSR count). The lowest BCUT2D eigenvalue weighted by Gasteiger charge is -2.18. The molecule has 0 aliphatic rings. The largest absolute Gasteiger partial charge is 0.361 e. The highest BCUT2D eigenvalue weighted by Crippen LogP contribution is 2.24. The van der Waals surface area contributed by atoms with Gasteiger partial charge in [-0.1, -0.05) is 108 Å². The summed E-state index contributed by atoms with van der Waals surface area (Å²) in [6.45, 7) is 32.5. The molecule has 11 nitrogen and oxygen atoms in total. The normalized spacial score (nSPS) is 10.7. The molecule has 6 aromatic rings. The van der Waals surface area contributed by atoms with Crippen molar-refractivity contribution in [2.45, 2.75) is 112 Å². The number of hydrogen-bond donors (Lipinski definition) is 0. The van der Waals surface area contributed by atoms with E-state index in [9.17, 15) is 0 Å². The zero-order chi connectivity index (χ0) is 41.0. The minimum Gasteiger partial charge on any atom is -0.361 e. The number of pyridine rings is 4. The van der Waals surface area contributed by atoms with Crippen LogP contribution in [0.4, 0.5) is 5.82 Å². The van der Waals surface area contributed by atoms with Crippen LogP contribution in [0.15, 0.2) is 104 Å². The van der Waals surface area contributed by atoms with Crippen molar-refractivity contribution < 1.29 is 0 Å². The molecule has 0 aliphatic heterocycles. The molecule has 6 heterocycles. The first-order valence-corrected chi connectivity index (χ1v) is 18.5. The van der Waals surface area contributed by atoms with Crippen LogP contribution in [0.3, 0.4) is 0 Å². The van der Waals surface area contributed by atoms with Crippen LogP contribution in [0.5, 0.6) is 0 Å². The van der Waals surface area contributed by atoms with E-state index in [1.807, 2.05) is 67.5 Å². The summed E-state index contributed by atoms with van der Waals surface area (Å²) in [4.78, 5) is 27.4. The summed E-state index contributed by atoms with van der Waals surface area (Å²) < 4.78 is 1.61. The second kappa shape index (κ2) is 22.5. The lowest BCUT2D eigenvalue weighted by atomic mass is 9.88. The van der Waals surface area contributed by atoms with Gasteiger partial charge in [-0.3, -0.25) is 15.0 Å². The highest BCUT2D eigenvalue weighted by Gasteiger charge is 2.16. The monoisotopic (exact) mass is 741 g/mol. The highest BCUT2D eigenvalue weighted by atomic mass is 15.5. The molecule has 6 aromatic heterocycles. The second-order valence-electron chi connectivity index (χ2n) is 15.8. The van der Waals surface area contributed by atoms with E-state index in [0.29, 0.717) is 29.4 Å². The van der Waals surface area contributed by atoms with Crippen LogP contribution < -0.4 is 0 Å². The van der Waals surface area contributed by atoms with Gasteiger partial charge in [-0.05, 0) is 97.2 Å². The van der Waals surface area contributed by atoms with Gasteiger partial charge in [0.15, 0.2) is 5.82 Å². The minimum atomic E-state index is 0.115. The SMILES string of the molecule is CC(C)c1cccnc1.CC(C)c1ccncc1.CC(C)c1cncnc1.Cn1nnnc1-c1ccc(C(C)(C)C)cn1.[C-]#[N+]c1ccc(C(C)(C)C)cn1. The predicted octanol–water partition coefficient (Wildman–Crippen LogP) is 10.5. The number of aryl methyl sites for hydroxylation is 1. The van der Waals surface area contributed by atoms with E-state index in [0.717, 1.165) is 11.3 Å². The van der Waals surface area contributed by atoms with Crippen molar-refractivity contribution in [2.24, 2.45) is 7.05 Å². The summed E-state index contributed by atoms with van der Waals surface area (Å²) in [6.07, 6.45) is 16.2. The van der Waals surface area contributed by atoms with Gasteiger partial charge in [0.05, 0.1) is 0 Å². The maximum Gasteiger partial charge on any atom is 0.269 e. The van der Waals surface area contributed by atoms with E-state index in [4.69, 9.17) is 6.57 Å². The van der Waals surface area contributed by atoms with Gasteiger partial charge in [-0.25, -0.2) is 14.6 Å². The second-order valence-corrected chi connectivity index (χ2v) is 15.8. The van der Waals surface area contributed by atoms with Crippen LogP contribution in [-0.4, -0.2) is 50.1 Å². The van der Waals surface area contributed by atoms with E-state index in [1.165, 1.54) is 22.3 Å². The topological polar surface area (TPSA) is 125 Å². The Kier molecular flexibility index (Phi) is 18.5. The molecular weight excluding hydrogens is 683 g/mol. The Hall–Kier alpha value is -5.76. The average Bonchev–Trinajstić information content (AvgIpc) is 3.62. The number of nitrogens with zero attached hydrogens (tertiary/aromatic N) is 11. The molecule has 0 aromatic carbocycles. The van der Waals surface area contributed by atoms with E-state index < -0.39 is 0 Å². The summed E-state index contributed by atoms with van der Waals surface area (Å²) in [5.74, 6) is 2.89. The maximum absolute atomic E-state index is 6.73. The van der Waals surface area contributed by atoms with Crippen molar-refractivity contribution in [3.05, 3.63) is 144 Å². The Balaban J connectivity index is 0.000000243. The molecule has 55 heavy (non-hydrogen) atoms. The first kappa shape index (κ1) is 45.4. The molecule has 11 heteroatoms. The van der Waals surface area contributed by atoms with Crippen molar-refractivity contribution in [2.75, 3.05) is 0 Å². The van der Waals surface area contributed by atoms with Gasteiger partial charge >= 0.3 is 0 Å². The van der Waals surface area contributed by atoms with Crippen molar-refractivity contribution >= 4 is 5.82 Å². The molecule has 0 spiro atoms. The number of aromatic nitrogens is 10. The molecular formula is C44H59N11. The smallest absolute Gasteiger partial charge is 0.269 e. The van der Waals surface area contributed by atoms with Crippen LogP contribution in [0, 0.1) is 6.57 Å². The number of tetrazole rings is 1. The fourth-order valence-electron chi connectivity index (χ4n) is 4.39. The molecule has 0 atom stereocenters. The summed E-state index contributed by atoms with van der Waals surface area (Å²) in [6, 6.07) is 15.9. The van der Waals surface area contributed by atoms with Crippen LogP contribution in [0.1, 0.15) is 129 Å². The van der Waals surface area contributed by atoms with Gasteiger partial charge in [0, 0.05) is 50.4 Å². The number of hydrogen-bond acceptors (Lipinski definition) is 9. The van der Waals surface area contributed by atoms with Gasteiger partial charge in [-0.15, -0.1) is 10.1 Å². The van der Waals surface area contributed by atoms with Crippen molar-refractivity contribution in [1.82, 2.24) is 50.1 Å². The van der Waals surface area contributed by atoms with Crippen molar-refractivity contribution in [3.63, 3.8) is 0 Å². The Morgan fingerprint density at radius 1 is 0.582 bits per heavy atom. The van der Waals surface area contributed by atoms with E-state index in [-0.39, 0.29) is 10.8 Å². The fourth-order valence-corrected chi connectivity index (χ4v) is 4.39. The predicted molar refractivity (Wildman–Crippen MR) is 223 cm³/mol. The third-order valence-corrected chi connectivity index (χ3v) is 8.18. The molecule has 0 fully saturated rings. The summed E-state index contributed by atoms with van der Waals surface area (Å²) >= 11 is 0. The third-order valence-electron chi connectivity index (χ3n) is 8.18. The Bertz CT molecular complexity index is 1830. The zero-order valence-corrected chi connectivity index (χ0v) is 35.0. The third kappa shape index (κ3) is 16.8. The maximum atomic E-state index is 6.73. The highest BCUT2D eigenvalue weighted by molar-refractivity contribution is 5.48. The summed E-state index contributed by atoms with van der Waals surface area (Å²) in [5.41, 5.74) is 7.24. The average molecular weight is 742 g/mol. The van der Waals surface area contributed by atoms with Gasteiger partial charge < -0.3 is 4.85 Å². The quantitative estimate of drug-likeness (QED) is 0.162. The lowest BCUT2D eigenvalue weighted by molar-refractivity contribution is 0.587. The standard InChI is InChI=1S/C11H15N5.C10H12N2.2C8H11N.C7H10N2/c1-11(2,3)8-5-6-9(12-7-8)10-13-14-15-16(10)4;1-10(2,3)8-5-6-9(11-4)12-7-8;1-7(2)8-3-5-9-6-4-8;1-7(2)8-4-3-5-9-6-8;1-6(2)7-3-8-5-9-4-7/h5-7H,1-4H3;5-7H,1-3H3;2*3-7H,1-2H3;3-6H,1-2H3. The molecule has 0 N–H and O–H groups in total.